The second-order valence-electron chi connectivity index (χ2n) is 3.86. The van der Waals surface area contributed by atoms with Gasteiger partial charge in [0.25, 0.3) is 0 Å². The van der Waals surface area contributed by atoms with Crippen LogP contribution in [0.5, 0.6) is 5.88 Å². The molecule has 0 bridgehead atoms. The molecular weight excluding hydrogens is 245 g/mol. The van der Waals surface area contributed by atoms with Crippen LogP contribution in [0.4, 0.5) is 19.0 Å². The highest BCUT2D eigenvalue weighted by Crippen LogP contribution is 2.21. The van der Waals surface area contributed by atoms with Gasteiger partial charge in [-0.2, -0.15) is 18.2 Å². The van der Waals surface area contributed by atoms with Gasteiger partial charge in [0.1, 0.15) is 5.82 Å². The minimum Gasteiger partial charge on any atom is -0.478 e. The maximum absolute atomic E-state index is 11.9. The second-order valence-corrected chi connectivity index (χ2v) is 3.86. The van der Waals surface area contributed by atoms with Crippen LogP contribution < -0.4 is 10.1 Å². The van der Waals surface area contributed by atoms with Gasteiger partial charge in [-0.05, 0) is 18.9 Å². The number of hydrogen-bond donors (Lipinski definition) is 1. The van der Waals surface area contributed by atoms with E-state index in [9.17, 15) is 13.2 Å². The van der Waals surface area contributed by atoms with Crippen molar-refractivity contribution in [1.29, 1.82) is 0 Å². The number of nitrogens with one attached hydrogen (secondary N) is 1. The topological polar surface area (TPSA) is 34.1 Å². The summed E-state index contributed by atoms with van der Waals surface area (Å²) in [5, 5.41) is 3.08. The van der Waals surface area contributed by atoms with E-state index in [0.717, 1.165) is 13.0 Å². The average molecular weight is 262 g/mol. The van der Waals surface area contributed by atoms with Crippen LogP contribution in [0.2, 0.25) is 0 Å². The van der Waals surface area contributed by atoms with E-state index in [1.807, 2.05) is 6.92 Å². The van der Waals surface area contributed by atoms with Gasteiger partial charge in [-0.3, -0.25) is 0 Å². The lowest BCUT2D eigenvalue weighted by Crippen LogP contribution is -2.10. The molecule has 0 aliphatic rings. The standard InChI is InChI=1S/C12H17F3N2O/c1-2-8-16-10-5-3-6-11(17-10)18-9-4-7-12(13,14)15/h3,5-6H,2,4,7-9H2,1H3,(H,16,17). The fourth-order valence-corrected chi connectivity index (χ4v) is 1.30. The van der Waals surface area contributed by atoms with Crippen molar-refractivity contribution < 1.29 is 17.9 Å². The summed E-state index contributed by atoms with van der Waals surface area (Å²) in [5.41, 5.74) is 0. The summed E-state index contributed by atoms with van der Waals surface area (Å²) in [4.78, 5) is 4.13. The number of pyridine rings is 1. The van der Waals surface area contributed by atoms with Gasteiger partial charge in [0, 0.05) is 19.0 Å². The third kappa shape index (κ3) is 6.32. The molecule has 0 radical (unpaired) electrons. The predicted molar refractivity (Wildman–Crippen MR) is 63.8 cm³/mol. The van der Waals surface area contributed by atoms with E-state index in [1.165, 1.54) is 0 Å². The SMILES string of the molecule is CCCNc1cccc(OCCCC(F)(F)F)n1. The number of rotatable bonds is 7. The Morgan fingerprint density at radius 1 is 1.33 bits per heavy atom. The van der Waals surface area contributed by atoms with Crippen LogP contribution >= 0.6 is 0 Å². The van der Waals surface area contributed by atoms with Crippen LogP contribution in [-0.4, -0.2) is 24.3 Å². The molecule has 1 aromatic heterocycles. The van der Waals surface area contributed by atoms with Gasteiger partial charge in [0.05, 0.1) is 6.61 Å². The summed E-state index contributed by atoms with van der Waals surface area (Å²) < 4.78 is 40.9. The number of alkyl halides is 3. The number of nitrogens with zero attached hydrogens (tertiary/aromatic N) is 1. The fraction of sp³-hybridized carbons (Fsp3) is 0.583. The van der Waals surface area contributed by atoms with Gasteiger partial charge in [-0.15, -0.1) is 0 Å². The van der Waals surface area contributed by atoms with Gasteiger partial charge >= 0.3 is 6.18 Å². The quantitative estimate of drug-likeness (QED) is 0.762. The van der Waals surface area contributed by atoms with Crippen LogP contribution in [0.3, 0.4) is 0 Å². The molecule has 18 heavy (non-hydrogen) atoms. The number of aromatic nitrogens is 1. The summed E-state index contributed by atoms with van der Waals surface area (Å²) in [6.45, 7) is 2.85. The van der Waals surface area contributed by atoms with Crippen LogP contribution in [-0.2, 0) is 0 Å². The van der Waals surface area contributed by atoms with Crippen molar-refractivity contribution in [2.45, 2.75) is 32.4 Å². The number of hydrogen-bond acceptors (Lipinski definition) is 3. The number of anilines is 1. The zero-order valence-corrected chi connectivity index (χ0v) is 10.3. The van der Waals surface area contributed by atoms with Gasteiger partial charge < -0.3 is 10.1 Å². The normalized spacial score (nSPS) is 11.3. The summed E-state index contributed by atoms with van der Waals surface area (Å²) in [6, 6.07) is 5.17. The van der Waals surface area contributed by atoms with Crippen molar-refractivity contribution in [1.82, 2.24) is 4.98 Å². The molecule has 0 unspecified atom stereocenters. The number of halogens is 3. The Morgan fingerprint density at radius 3 is 2.78 bits per heavy atom. The van der Waals surface area contributed by atoms with E-state index in [-0.39, 0.29) is 13.0 Å². The Balaban J connectivity index is 2.33. The van der Waals surface area contributed by atoms with Crippen molar-refractivity contribution in [2.75, 3.05) is 18.5 Å². The van der Waals surface area contributed by atoms with Gasteiger partial charge in [0.2, 0.25) is 5.88 Å². The van der Waals surface area contributed by atoms with E-state index in [0.29, 0.717) is 11.7 Å². The fourth-order valence-electron chi connectivity index (χ4n) is 1.30. The van der Waals surface area contributed by atoms with Crippen molar-refractivity contribution in [3.05, 3.63) is 18.2 Å². The summed E-state index contributed by atoms with van der Waals surface area (Å²) >= 11 is 0. The predicted octanol–water partition coefficient (Wildman–Crippen LogP) is 3.62. The van der Waals surface area contributed by atoms with Crippen molar-refractivity contribution in [3.63, 3.8) is 0 Å². The first-order valence-corrected chi connectivity index (χ1v) is 5.92. The van der Waals surface area contributed by atoms with Gasteiger partial charge in [-0.25, -0.2) is 0 Å². The molecular formula is C12H17F3N2O. The molecule has 102 valence electrons. The first-order chi connectivity index (χ1) is 8.51. The lowest BCUT2D eigenvalue weighted by molar-refractivity contribution is -0.136. The molecule has 0 atom stereocenters. The monoisotopic (exact) mass is 262 g/mol. The largest absolute Gasteiger partial charge is 0.478 e. The van der Waals surface area contributed by atoms with E-state index < -0.39 is 12.6 Å². The lowest BCUT2D eigenvalue weighted by Gasteiger charge is -2.09. The third-order valence-electron chi connectivity index (χ3n) is 2.13. The molecule has 1 rings (SSSR count). The molecule has 0 aliphatic carbocycles. The zero-order valence-electron chi connectivity index (χ0n) is 10.3. The van der Waals surface area contributed by atoms with Crippen LogP contribution in [0.25, 0.3) is 0 Å². The molecule has 6 heteroatoms. The lowest BCUT2D eigenvalue weighted by atomic mass is 10.3. The Hall–Kier alpha value is -1.46. The van der Waals surface area contributed by atoms with Crippen molar-refractivity contribution in [3.8, 4) is 5.88 Å². The smallest absolute Gasteiger partial charge is 0.389 e. The third-order valence-corrected chi connectivity index (χ3v) is 2.13. The maximum Gasteiger partial charge on any atom is 0.389 e. The minimum absolute atomic E-state index is 0.0176. The highest BCUT2D eigenvalue weighted by molar-refractivity contribution is 5.36. The Labute approximate surface area is 104 Å². The molecule has 0 saturated carbocycles. The molecule has 0 spiro atoms. The average Bonchev–Trinajstić information content (AvgIpc) is 2.31. The second kappa shape index (κ2) is 7.08. The molecule has 0 aromatic carbocycles. The van der Waals surface area contributed by atoms with Crippen molar-refractivity contribution >= 4 is 5.82 Å². The molecule has 3 nitrogen and oxygen atoms in total. The molecule has 0 saturated heterocycles. The molecule has 0 amide bonds. The molecule has 0 fully saturated rings. The van der Waals surface area contributed by atoms with E-state index in [2.05, 4.69) is 10.3 Å². The van der Waals surface area contributed by atoms with Gasteiger partial charge in [0.15, 0.2) is 0 Å². The first-order valence-electron chi connectivity index (χ1n) is 5.92. The minimum atomic E-state index is -4.12. The summed E-state index contributed by atoms with van der Waals surface area (Å²) in [6.07, 6.45) is -4.04. The highest BCUT2D eigenvalue weighted by Gasteiger charge is 2.26. The number of ether oxygens (including phenoxy) is 1. The Kier molecular flexibility index (Phi) is 5.74. The van der Waals surface area contributed by atoms with Crippen LogP contribution in [0.15, 0.2) is 18.2 Å². The molecule has 1 heterocycles. The van der Waals surface area contributed by atoms with E-state index >= 15 is 0 Å². The van der Waals surface area contributed by atoms with E-state index in [4.69, 9.17) is 4.74 Å². The molecule has 1 N–H and O–H groups in total. The maximum atomic E-state index is 11.9. The van der Waals surface area contributed by atoms with Crippen LogP contribution in [0.1, 0.15) is 26.2 Å². The van der Waals surface area contributed by atoms with Crippen LogP contribution in [0, 0.1) is 0 Å². The zero-order chi connectivity index (χ0) is 13.4. The molecule has 0 aliphatic heterocycles. The van der Waals surface area contributed by atoms with E-state index in [1.54, 1.807) is 18.2 Å². The summed E-state index contributed by atoms with van der Waals surface area (Å²) in [7, 11) is 0. The van der Waals surface area contributed by atoms with Gasteiger partial charge in [-0.1, -0.05) is 13.0 Å². The molecule has 1 aromatic rings. The highest BCUT2D eigenvalue weighted by atomic mass is 19.4. The van der Waals surface area contributed by atoms with Crippen molar-refractivity contribution in [2.24, 2.45) is 0 Å². The first kappa shape index (κ1) is 14.6. The Morgan fingerprint density at radius 2 is 2.11 bits per heavy atom. The summed E-state index contributed by atoms with van der Waals surface area (Å²) in [5.74, 6) is 1.02. The Bertz CT molecular complexity index is 355.